The molecule has 0 aromatic carbocycles. The molecule has 2 aliphatic rings. The number of Topliss-reactive ketones (excluding diaryl/α,β-unsaturated/α-hetero) is 1. The van der Waals surface area contributed by atoms with Crippen LogP contribution in [0.25, 0.3) is 0 Å². The quantitative estimate of drug-likeness (QED) is 0.746. The molecule has 0 radical (unpaired) electrons. The largest absolute Gasteiger partial charge is 0.391 e. The number of piperidine rings is 1. The topological polar surface area (TPSA) is 40.5 Å². The summed E-state index contributed by atoms with van der Waals surface area (Å²) in [7, 11) is 0. The molecular formula is C12H21NO2. The van der Waals surface area contributed by atoms with Crippen LogP contribution >= 0.6 is 0 Å². The molecule has 0 saturated carbocycles. The first-order chi connectivity index (χ1) is 7.09. The number of carbonyl (C=O) groups excluding carboxylic acids is 1. The maximum Gasteiger partial charge on any atom is 0.158 e. The highest BCUT2D eigenvalue weighted by molar-refractivity contribution is 5.91. The molecule has 2 rings (SSSR count). The van der Waals surface area contributed by atoms with Crippen LogP contribution in [0.5, 0.6) is 0 Å². The van der Waals surface area contributed by atoms with Crippen molar-refractivity contribution in [3.8, 4) is 0 Å². The normalized spacial score (nSPS) is 36.9. The van der Waals surface area contributed by atoms with E-state index < -0.39 is 11.6 Å². The van der Waals surface area contributed by atoms with Crippen molar-refractivity contribution in [1.82, 2.24) is 4.90 Å². The van der Waals surface area contributed by atoms with Crippen LogP contribution in [-0.4, -0.2) is 40.5 Å². The Morgan fingerprint density at radius 3 is 2.73 bits per heavy atom. The van der Waals surface area contributed by atoms with Gasteiger partial charge in [-0.2, -0.15) is 0 Å². The average molecular weight is 211 g/mol. The fourth-order valence-corrected chi connectivity index (χ4v) is 3.24. The summed E-state index contributed by atoms with van der Waals surface area (Å²) in [6.07, 6.45) is 3.27. The fraction of sp³-hybridized carbons (Fsp3) is 0.917. The Hall–Kier alpha value is -0.410. The standard InChI is InChI=1S/C12H21NO2/c1-9(2)11(15)12-6-4-8-13(12)7-3-5-10(12)14/h9-10,14H,3-8H2,1-2H3/t10-,12-/m0/s1. The van der Waals surface area contributed by atoms with Crippen molar-refractivity contribution >= 4 is 5.78 Å². The smallest absolute Gasteiger partial charge is 0.158 e. The lowest BCUT2D eigenvalue weighted by Gasteiger charge is -2.45. The number of aliphatic hydroxyl groups is 1. The van der Waals surface area contributed by atoms with E-state index in [4.69, 9.17) is 0 Å². The third kappa shape index (κ3) is 1.53. The minimum absolute atomic E-state index is 0.0263. The number of rotatable bonds is 2. The molecule has 15 heavy (non-hydrogen) atoms. The molecule has 2 aliphatic heterocycles. The molecule has 0 amide bonds. The number of fused-ring (bicyclic) bond motifs is 1. The first-order valence-electron chi connectivity index (χ1n) is 6.06. The van der Waals surface area contributed by atoms with Crippen molar-refractivity contribution in [1.29, 1.82) is 0 Å². The highest BCUT2D eigenvalue weighted by Gasteiger charge is 2.53. The van der Waals surface area contributed by atoms with E-state index in [1.165, 1.54) is 0 Å². The SMILES string of the molecule is CC(C)C(=O)[C@@]12CCCN1CCC[C@@H]2O. The van der Waals surface area contributed by atoms with Crippen LogP contribution in [0.3, 0.4) is 0 Å². The molecule has 0 aliphatic carbocycles. The van der Waals surface area contributed by atoms with E-state index in [9.17, 15) is 9.90 Å². The van der Waals surface area contributed by atoms with Crippen LogP contribution < -0.4 is 0 Å². The lowest BCUT2D eigenvalue weighted by Crippen LogP contribution is -2.62. The lowest BCUT2D eigenvalue weighted by atomic mass is 9.76. The zero-order valence-corrected chi connectivity index (χ0v) is 9.70. The minimum atomic E-state index is -0.521. The predicted molar refractivity (Wildman–Crippen MR) is 58.6 cm³/mol. The van der Waals surface area contributed by atoms with Gasteiger partial charge in [0, 0.05) is 5.92 Å². The second-order valence-corrected chi connectivity index (χ2v) is 5.19. The maximum atomic E-state index is 12.3. The molecule has 0 bridgehead atoms. The molecule has 2 atom stereocenters. The summed E-state index contributed by atoms with van der Waals surface area (Å²) < 4.78 is 0. The summed E-state index contributed by atoms with van der Waals surface area (Å²) in [4.78, 5) is 14.5. The van der Waals surface area contributed by atoms with Gasteiger partial charge in [0.25, 0.3) is 0 Å². The Bertz CT molecular complexity index is 264. The predicted octanol–water partition coefficient (Wildman–Crippen LogP) is 1.20. The number of hydrogen-bond donors (Lipinski definition) is 1. The highest BCUT2D eigenvalue weighted by Crippen LogP contribution is 2.40. The van der Waals surface area contributed by atoms with Crippen LogP contribution in [0.1, 0.15) is 39.5 Å². The van der Waals surface area contributed by atoms with Crippen LogP contribution in [-0.2, 0) is 4.79 Å². The summed E-state index contributed by atoms with van der Waals surface area (Å²) >= 11 is 0. The molecule has 3 heteroatoms. The van der Waals surface area contributed by atoms with Crippen molar-refractivity contribution < 1.29 is 9.90 Å². The van der Waals surface area contributed by atoms with Gasteiger partial charge in [-0.15, -0.1) is 0 Å². The summed E-state index contributed by atoms with van der Waals surface area (Å²) in [5.74, 6) is 0.269. The maximum absolute atomic E-state index is 12.3. The van der Waals surface area contributed by atoms with E-state index in [0.29, 0.717) is 0 Å². The zero-order chi connectivity index (χ0) is 11.1. The monoisotopic (exact) mass is 211 g/mol. The third-order valence-electron chi connectivity index (χ3n) is 3.96. The van der Waals surface area contributed by atoms with Gasteiger partial charge in [0.05, 0.1) is 6.10 Å². The molecule has 0 unspecified atom stereocenters. The number of hydrogen-bond acceptors (Lipinski definition) is 3. The van der Waals surface area contributed by atoms with Gasteiger partial charge in [0.15, 0.2) is 5.78 Å². The van der Waals surface area contributed by atoms with Gasteiger partial charge in [-0.3, -0.25) is 9.69 Å². The van der Waals surface area contributed by atoms with Gasteiger partial charge in [0.1, 0.15) is 5.54 Å². The molecule has 2 fully saturated rings. The van der Waals surface area contributed by atoms with Crippen LogP contribution in [0.2, 0.25) is 0 Å². The van der Waals surface area contributed by atoms with Gasteiger partial charge in [-0.1, -0.05) is 13.8 Å². The van der Waals surface area contributed by atoms with Crippen molar-refractivity contribution in [2.45, 2.75) is 51.2 Å². The van der Waals surface area contributed by atoms with E-state index in [1.807, 2.05) is 13.8 Å². The second-order valence-electron chi connectivity index (χ2n) is 5.19. The molecule has 2 saturated heterocycles. The van der Waals surface area contributed by atoms with Crippen molar-refractivity contribution in [3.63, 3.8) is 0 Å². The number of ketones is 1. The van der Waals surface area contributed by atoms with Gasteiger partial charge in [-0.25, -0.2) is 0 Å². The van der Waals surface area contributed by atoms with Crippen LogP contribution in [0.15, 0.2) is 0 Å². The highest BCUT2D eigenvalue weighted by atomic mass is 16.3. The first kappa shape index (κ1) is 11.1. The summed E-state index contributed by atoms with van der Waals surface area (Å²) in [6, 6.07) is 0. The summed E-state index contributed by atoms with van der Waals surface area (Å²) in [5, 5.41) is 10.2. The summed E-state index contributed by atoms with van der Waals surface area (Å²) in [6.45, 7) is 5.84. The van der Waals surface area contributed by atoms with Gasteiger partial charge >= 0.3 is 0 Å². The number of carbonyl (C=O) groups is 1. The van der Waals surface area contributed by atoms with Gasteiger partial charge in [-0.05, 0) is 38.8 Å². The Morgan fingerprint density at radius 1 is 1.40 bits per heavy atom. The van der Waals surface area contributed by atoms with Gasteiger partial charge in [0.2, 0.25) is 0 Å². The molecule has 2 heterocycles. The van der Waals surface area contributed by atoms with Crippen LogP contribution in [0, 0.1) is 5.92 Å². The number of aliphatic hydroxyl groups excluding tert-OH is 1. The van der Waals surface area contributed by atoms with E-state index in [0.717, 1.165) is 38.8 Å². The molecule has 3 nitrogen and oxygen atoms in total. The Morgan fingerprint density at radius 2 is 2.07 bits per heavy atom. The average Bonchev–Trinajstić information content (AvgIpc) is 2.62. The molecule has 1 N–H and O–H groups in total. The molecule has 0 spiro atoms. The van der Waals surface area contributed by atoms with Crippen molar-refractivity contribution in [2.75, 3.05) is 13.1 Å². The minimum Gasteiger partial charge on any atom is -0.391 e. The first-order valence-corrected chi connectivity index (χ1v) is 6.06. The Labute approximate surface area is 91.5 Å². The number of nitrogens with zero attached hydrogens (tertiary/aromatic N) is 1. The van der Waals surface area contributed by atoms with E-state index in [-0.39, 0.29) is 11.7 Å². The van der Waals surface area contributed by atoms with Crippen LogP contribution in [0.4, 0.5) is 0 Å². The van der Waals surface area contributed by atoms with E-state index in [2.05, 4.69) is 4.90 Å². The molecule has 0 aromatic heterocycles. The lowest BCUT2D eigenvalue weighted by molar-refractivity contribution is -0.144. The fourth-order valence-electron chi connectivity index (χ4n) is 3.24. The van der Waals surface area contributed by atoms with Gasteiger partial charge < -0.3 is 5.11 Å². The second kappa shape index (κ2) is 3.87. The summed E-state index contributed by atoms with van der Waals surface area (Å²) in [5.41, 5.74) is -0.521. The van der Waals surface area contributed by atoms with Crippen molar-refractivity contribution in [3.05, 3.63) is 0 Å². The van der Waals surface area contributed by atoms with E-state index >= 15 is 0 Å². The molecular weight excluding hydrogens is 190 g/mol. The Balaban J connectivity index is 2.31. The Kier molecular flexibility index (Phi) is 2.86. The zero-order valence-electron chi connectivity index (χ0n) is 9.70. The third-order valence-corrected chi connectivity index (χ3v) is 3.96. The van der Waals surface area contributed by atoms with Crippen molar-refractivity contribution in [2.24, 2.45) is 5.92 Å². The molecule has 86 valence electrons. The van der Waals surface area contributed by atoms with E-state index in [1.54, 1.807) is 0 Å². The molecule has 0 aromatic rings.